The highest BCUT2D eigenvalue weighted by Gasteiger charge is 2.52. The van der Waals surface area contributed by atoms with E-state index in [-0.39, 0.29) is 5.41 Å². The van der Waals surface area contributed by atoms with Gasteiger partial charge < -0.3 is 14.2 Å². The third kappa shape index (κ3) is 5.06. The SMILES string of the molecule is COCOCCCc1ccc(C#COC(=O)c2ccccc2)cc1C12CC3CC(CC(C3)C1)C2. The fourth-order valence-corrected chi connectivity index (χ4v) is 7.08. The molecule has 34 heavy (non-hydrogen) atoms. The van der Waals surface area contributed by atoms with E-state index in [9.17, 15) is 4.79 Å². The number of ether oxygens (including phenoxy) is 3. The minimum atomic E-state index is -0.415. The second kappa shape index (κ2) is 10.3. The molecule has 178 valence electrons. The molecule has 4 fully saturated rings. The average Bonchev–Trinajstić information content (AvgIpc) is 2.84. The molecule has 6 rings (SSSR count). The first-order valence-electron chi connectivity index (χ1n) is 12.6. The number of carbonyl (C=O) groups excluding carboxylic acids is 1. The van der Waals surface area contributed by atoms with E-state index in [1.165, 1.54) is 49.7 Å². The Morgan fingerprint density at radius 3 is 2.38 bits per heavy atom. The number of esters is 1. The van der Waals surface area contributed by atoms with Crippen LogP contribution in [0.2, 0.25) is 0 Å². The molecule has 4 bridgehead atoms. The largest absolute Gasteiger partial charge is 0.368 e. The molecule has 0 amide bonds. The normalized spacial score (nSPS) is 26.7. The minimum Gasteiger partial charge on any atom is -0.368 e. The van der Waals surface area contributed by atoms with E-state index in [0.717, 1.165) is 36.2 Å². The van der Waals surface area contributed by atoms with Crippen LogP contribution >= 0.6 is 0 Å². The van der Waals surface area contributed by atoms with Crippen LogP contribution in [0.4, 0.5) is 0 Å². The van der Waals surface area contributed by atoms with Gasteiger partial charge in [0, 0.05) is 19.3 Å². The van der Waals surface area contributed by atoms with Gasteiger partial charge in [0.2, 0.25) is 0 Å². The van der Waals surface area contributed by atoms with Crippen LogP contribution in [0.5, 0.6) is 0 Å². The van der Waals surface area contributed by atoms with Crippen molar-refractivity contribution in [2.24, 2.45) is 17.8 Å². The smallest absolute Gasteiger partial charge is 0.352 e. The van der Waals surface area contributed by atoms with Crippen LogP contribution in [0, 0.1) is 29.8 Å². The van der Waals surface area contributed by atoms with Crippen molar-refractivity contribution in [3.8, 4) is 12.0 Å². The highest BCUT2D eigenvalue weighted by molar-refractivity contribution is 5.90. The van der Waals surface area contributed by atoms with Crippen LogP contribution in [0.1, 0.15) is 72.0 Å². The fourth-order valence-electron chi connectivity index (χ4n) is 7.08. The van der Waals surface area contributed by atoms with Crippen LogP contribution in [-0.2, 0) is 26.0 Å². The van der Waals surface area contributed by atoms with Crippen molar-refractivity contribution in [1.82, 2.24) is 0 Å². The van der Waals surface area contributed by atoms with E-state index in [1.54, 1.807) is 19.2 Å². The molecule has 0 atom stereocenters. The molecule has 4 aliphatic carbocycles. The first-order valence-corrected chi connectivity index (χ1v) is 12.6. The molecule has 4 aliphatic rings. The molecule has 0 aromatic heterocycles. The molecular formula is C30H34O4. The average molecular weight is 459 g/mol. The summed E-state index contributed by atoms with van der Waals surface area (Å²) in [6, 6.07) is 15.6. The van der Waals surface area contributed by atoms with E-state index < -0.39 is 5.97 Å². The summed E-state index contributed by atoms with van der Waals surface area (Å²) < 4.78 is 15.8. The molecule has 0 saturated heterocycles. The summed E-state index contributed by atoms with van der Waals surface area (Å²) in [5, 5.41) is 0. The van der Waals surface area contributed by atoms with Crippen molar-refractivity contribution in [2.45, 2.75) is 56.8 Å². The van der Waals surface area contributed by atoms with Gasteiger partial charge in [-0.1, -0.05) is 24.3 Å². The van der Waals surface area contributed by atoms with E-state index in [0.29, 0.717) is 19.0 Å². The molecule has 2 aromatic rings. The minimum absolute atomic E-state index is 0.288. The van der Waals surface area contributed by atoms with Gasteiger partial charge in [0.1, 0.15) is 12.9 Å². The molecule has 0 aliphatic heterocycles. The molecule has 2 aromatic carbocycles. The van der Waals surface area contributed by atoms with Gasteiger partial charge in [0.25, 0.3) is 0 Å². The zero-order valence-corrected chi connectivity index (χ0v) is 20.1. The Morgan fingerprint density at radius 2 is 1.71 bits per heavy atom. The van der Waals surface area contributed by atoms with Crippen LogP contribution in [0.3, 0.4) is 0 Å². The van der Waals surface area contributed by atoms with Crippen LogP contribution in [0.25, 0.3) is 0 Å². The quantitative estimate of drug-likeness (QED) is 0.215. The summed E-state index contributed by atoms with van der Waals surface area (Å²) in [5.41, 5.74) is 4.63. The number of rotatable bonds is 8. The lowest BCUT2D eigenvalue weighted by atomic mass is 9.47. The number of methoxy groups -OCH3 is 1. The zero-order chi connectivity index (χ0) is 23.4. The summed E-state index contributed by atoms with van der Waals surface area (Å²) >= 11 is 0. The third-order valence-electron chi connectivity index (χ3n) is 8.00. The molecule has 0 radical (unpaired) electrons. The van der Waals surface area contributed by atoms with Gasteiger partial charge in [-0.15, -0.1) is 0 Å². The lowest BCUT2D eigenvalue weighted by Gasteiger charge is -2.57. The maximum absolute atomic E-state index is 12.2. The Labute approximate surface area is 203 Å². The van der Waals surface area contributed by atoms with Crippen molar-refractivity contribution in [3.63, 3.8) is 0 Å². The molecular weight excluding hydrogens is 424 g/mol. The van der Waals surface area contributed by atoms with Gasteiger partial charge in [0.05, 0.1) is 5.56 Å². The number of carbonyl (C=O) groups is 1. The lowest BCUT2D eigenvalue weighted by molar-refractivity contribution is -0.0311. The maximum Gasteiger partial charge on any atom is 0.352 e. The molecule has 0 spiro atoms. The van der Waals surface area contributed by atoms with Crippen LogP contribution in [0.15, 0.2) is 48.5 Å². The van der Waals surface area contributed by atoms with Gasteiger partial charge in [0.15, 0.2) is 0 Å². The van der Waals surface area contributed by atoms with Gasteiger partial charge >= 0.3 is 5.97 Å². The monoisotopic (exact) mass is 458 g/mol. The van der Waals surface area contributed by atoms with Crippen molar-refractivity contribution in [3.05, 3.63) is 70.8 Å². The van der Waals surface area contributed by atoms with E-state index in [4.69, 9.17) is 14.2 Å². The Balaban J connectivity index is 1.37. The summed E-state index contributed by atoms with van der Waals surface area (Å²) in [6.07, 6.45) is 12.8. The molecule has 4 heteroatoms. The van der Waals surface area contributed by atoms with E-state index in [1.807, 2.05) is 18.2 Å². The van der Waals surface area contributed by atoms with Gasteiger partial charge in [-0.2, -0.15) is 0 Å². The fraction of sp³-hybridized carbons (Fsp3) is 0.500. The molecule has 4 nitrogen and oxygen atoms in total. The first-order chi connectivity index (χ1) is 16.6. The second-order valence-electron chi connectivity index (χ2n) is 10.5. The standard InChI is InChI=1S/C30H34O4/c1-32-21-33-12-5-8-26-10-9-22(11-13-34-29(31)27-6-3-2-4-7-27)17-28(26)30-18-23-14-24(19-30)16-25(15-23)20-30/h2-4,6-7,9-10,17,23-25H,5,8,12,14-16,18-21H2,1H3. The summed E-state index contributed by atoms with van der Waals surface area (Å²) in [7, 11) is 1.65. The molecule has 0 N–H and O–H groups in total. The lowest BCUT2D eigenvalue weighted by Crippen LogP contribution is -2.49. The predicted molar refractivity (Wildman–Crippen MR) is 131 cm³/mol. The van der Waals surface area contributed by atoms with Crippen molar-refractivity contribution < 1.29 is 19.0 Å². The summed E-state index contributed by atoms with van der Waals surface area (Å²) in [5.74, 6) is 5.32. The second-order valence-corrected chi connectivity index (χ2v) is 10.5. The Kier molecular flexibility index (Phi) is 7.04. The number of hydrogen-bond donors (Lipinski definition) is 0. The molecule has 0 unspecified atom stereocenters. The van der Waals surface area contributed by atoms with Crippen molar-refractivity contribution in [1.29, 1.82) is 0 Å². The van der Waals surface area contributed by atoms with Gasteiger partial charge in [-0.05, 0) is 116 Å². The van der Waals surface area contributed by atoms with E-state index >= 15 is 0 Å². The van der Waals surface area contributed by atoms with Crippen molar-refractivity contribution >= 4 is 5.97 Å². The van der Waals surface area contributed by atoms with Crippen molar-refractivity contribution in [2.75, 3.05) is 20.5 Å². The highest BCUT2D eigenvalue weighted by atomic mass is 16.7. The molecule has 0 heterocycles. The van der Waals surface area contributed by atoms with E-state index in [2.05, 4.69) is 30.2 Å². The highest BCUT2D eigenvalue weighted by Crippen LogP contribution is 2.61. The molecule has 4 saturated carbocycles. The Bertz CT molecular complexity index is 1030. The third-order valence-corrected chi connectivity index (χ3v) is 8.00. The Morgan fingerprint density at radius 1 is 1.00 bits per heavy atom. The number of hydrogen-bond acceptors (Lipinski definition) is 4. The van der Waals surface area contributed by atoms with Gasteiger partial charge in [-0.25, -0.2) is 4.79 Å². The summed E-state index contributed by atoms with van der Waals surface area (Å²) in [4.78, 5) is 12.2. The number of aryl methyl sites for hydroxylation is 1. The van der Waals surface area contributed by atoms with Crippen LogP contribution < -0.4 is 0 Å². The topological polar surface area (TPSA) is 44.8 Å². The maximum atomic E-state index is 12.2. The predicted octanol–water partition coefficient (Wildman–Crippen LogP) is 5.87. The van der Waals surface area contributed by atoms with Gasteiger partial charge in [-0.3, -0.25) is 0 Å². The zero-order valence-electron chi connectivity index (χ0n) is 20.1. The van der Waals surface area contributed by atoms with Crippen LogP contribution in [-0.4, -0.2) is 26.5 Å². The number of benzene rings is 2. The Hall–Kier alpha value is -2.61. The first kappa shape index (κ1) is 23.1. The summed E-state index contributed by atoms with van der Waals surface area (Å²) in [6.45, 7) is 1.04.